The maximum atomic E-state index is 4.93. The Labute approximate surface area is 51.8 Å². The molecule has 2 heterocycles. The van der Waals surface area contributed by atoms with Crippen molar-refractivity contribution in [2.45, 2.75) is 5.92 Å². The molecule has 0 bridgehead atoms. The number of hydrogen-bond donors (Lipinski definition) is 0. The molecule has 0 unspecified atom stereocenters. The van der Waals surface area contributed by atoms with Crippen LogP contribution in [0.3, 0.4) is 0 Å². The summed E-state index contributed by atoms with van der Waals surface area (Å²) < 4.78 is 9.73. The molecule has 1 aromatic heterocycles. The first-order chi connectivity index (χ1) is 4.47. The van der Waals surface area contributed by atoms with E-state index in [1.54, 1.807) is 0 Å². The molecule has 0 saturated carbocycles. The second kappa shape index (κ2) is 1.80. The summed E-state index contributed by atoms with van der Waals surface area (Å²) in [5, 5.41) is 3.48. The van der Waals surface area contributed by atoms with Crippen molar-refractivity contribution in [2.75, 3.05) is 13.2 Å². The number of ether oxygens (including phenoxy) is 1. The topological polar surface area (TPSA) is 48.2 Å². The minimum atomic E-state index is 0.354. The van der Waals surface area contributed by atoms with E-state index in [9.17, 15) is 0 Å². The van der Waals surface area contributed by atoms with Gasteiger partial charge in [0.1, 0.15) is 0 Å². The SMILES string of the molecule is c1noc(C2COC2)n1. The van der Waals surface area contributed by atoms with E-state index in [0.29, 0.717) is 11.8 Å². The van der Waals surface area contributed by atoms with Crippen LogP contribution in [0.5, 0.6) is 0 Å². The Morgan fingerprint density at radius 3 is 2.89 bits per heavy atom. The zero-order valence-electron chi connectivity index (χ0n) is 4.78. The molecule has 4 nitrogen and oxygen atoms in total. The largest absolute Gasteiger partial charge is 0.380 e. The number of nitrogens with zero attached hydrogens (tertiary/aromatic N) is 2. The molecule has 9 heavy (non-hydrogen) atoms. The van der Waals surface area contributed by atoms with Crippen molar-refractivity contribution in [1.29, 1.82) is 0 Å². The van der Waals surface area contributed by atoms with E-state index in [-0.39, 0.29) is 0 Å². The molecule has 1 aliphatic rings. The second-order valence-electron chi connectivity index (χ2n) is 2.01. The molecule has 0 atom stereocenters. The Bertz CT molecular complexity index is 181. The monoisotopic (exact) mass is 126 g/mol. The summed E-state index contributed by atoms with van der Waals surface area (Å²) in [7, 11) is 0. The van der Waals surface area contributed by atoms with Crippen molar-refractivity contribution in [3.63, 3.8) is 0 Å². The first-order valence-electron chi connectivity index (χ1n) is 2.81. The summed E-state index contributed by atoms with van der Waals surface area (Å²) in [5.74, 6) is 1.05. The number of rotatable bonds is 1. The molecule has 0 spiro atoms. The van der Waals surface area contributed by atoms with Crippen LogP contribution in [0.1, 0.15) is 11.8 Å². The second-order valence-corrected chi connectivity index (χ2v) is 2.01. The minimum absolute atomic E-state index is 0.354. The van der Waals surface area contributed by atoms with E-state index >= 15 is 0 Å². The lowest BCUT2D eigenvalue weighted by molar-refractivity contribution is -0.00445. The fourth-order valence-corrected chi connectivity index (χ4v) is 0.740. The molecule has 1 saturated heterocycles. The van der Waals surface area contributed by atoms with E-state index < -0.39 is 0 Å². The molecular weight excluding hydrogens is 120 g/mol. The summed E-state index contributed by atoms with van der Waals surface area (Å²) in [6, 6.07) is 0. The molecule has 0 amide bonds. The molecule has 2 rings (SSSR count). The van der Waals surface area contributed by atoms with Gasteiger partial charge >= 0.3 is 0 Å². The van der Waals surface area contributed by atoms with Gasteiger partial charge in [-0.15, -0.1) is 0 Å². The summed E-state index contributed by atoms with van der Waals surface area (Å²) in [6.07, 6.45) is 1.41. The van der Waals surface area contributed by atoms with E-state index in [1.807, 2.05) is 0 Å². The fraction of sp³-hybridized carbons (Fsp3) is 0.600. The minimum Gasteiger partial charge on any atom is -0.380 e. The van der Waals surface area contributed by atoms with Gasteiger partial charge in [0, 0.05) is 0 Å². The first kappa shape index (κ1) is 4.93. The van der Waals surface area contributed by atoms with Gasteiger partial charge in [-0.1, -0.05) is 5.16 Å². The molecule has 0 aromatic carbocycles. The van der Waals surface area contributed by atoms with Crippen LogP contribution in [0.25, 0.3) is 0 Å². The third-order valence-electron chi connectivity index (χ3n) is 1.37. The number of aromatic nitrogens is 2. The summed E-state index contributed by atoms with van der Waals surface area (Å²) in [4.78, 5) is 3.88. The third kappa shape index (κ3) is 0.712. The third-order valence-corrected chi connectivity index (χ3v) is 1.37. The van der Waals surface area contributed by atoms with Crippen LogP contribution >= 0.6 is 0 Å². The predicted molar refractivity (Wildman–Crippen MR) is 27.9 cm³/mol. The van der Waals surface area contributed by atoms with Crippen LogP contribution in [-0.4, -0.2) is 23.4 Å². The zero-order chi connectivity index (χ0) is 6.10. The van der Waals surface area contributed by atoms with Crippen molar-refractivity contribution in [2.24, 2.45) is 0 Å². The van der Waals surface area contributed by atoms with Gasteiger partial charge < -0.3 is 9.26 Å². The quantitative estimate of drug-likeness (QED) is 0.538. The maximum Gasteiger partial charge on any atom is 0.234 e. The number of hydrogen-bond acceptors (Lipinski definition) is 4. The maximum absolute atomic E-state index is 4.93. The molecule has 4 heteroatoms. The molecule has 1 aromatic rings. The lowest BCUT2D eigenvalue weighted by Gasteiger charge is -2.21. The summed E-state index contributed by atoms with van der Waals surface area (Å²) in [6.45, 7) is 1.45. The van der Waals surface area contributed by atoms with Gasteiger partial charge in [0.05, 0.1) is 19.1 Å². The lowest BCUT2D eigenvalue weighted by atomic mass is 10.1. The van der Waals surface area contributed by atoms with Crippen molar-refractivity contribution >= 4 is 0 Å². The highest BCUT2D eigenvalue weighted by Crippen LogP contribution is 2.20. The Morgan fingerprint density at radius 2 is 2.44 bits per heavy atom. The van der Waals surface area contributed by atoms with Crippen molar-refractivity contribution < 1.29 is 9.26 Å². The smallest absolute Gasteiger partial charge is 0.234 e. The van der Waals surface area contributed by atoms with E-state index in [2.05, 4.69) is 10.1 Å². The van der Waals surface area contributed by atoms with Gasteiger partial charge in [0.15, 0.2) is 6.33 Å². The van der Waals surface area contributed by atoms with Crippen LogP contribution in [0.4, 0.5) is 0 Å². The highest BCUT2D eigenvalue weighted by atomic mass is 16.5. The van der Waals surface area contributed by atoms with Crippen molar-refractivity contribution in [3.8, 4) is 0 Å². The van der Waals surface area contributed by atoms with Gasteiger partial charge in [0.2, 0.25) is 5.89 Å². The lowest BCUT2D eigenvalue weighted by Crippen LogP contribution is -2.25. The van der Waals surface area contributed by atoms with Gasteiger partial charge in [-0.05, 0) is 0 Å². The van der Waals surface area contributed by atoms with Gasteiger partial charge in [0.25, 0.3) is 0 Å². The van der Waals surface area contributed by atoms with Crippen LogP contribution < -0.4 is 0 Å². The van der Waals surface area contributed by atoms with Crippen molar-refractivity contribution in [1.82, 2.24) is 10.1 Å². The average molecular weight is 126 g/mol. The zero-order valence-corrected chi connectivity index (χ0v) is 4.78. The Hall–Kier alpha value is -0.900. The predicted octanol–water partition coefficient (Wildman–Crippen LogP) is 0.183. The molecule has 0 radical (unpaired) electrons. The van der Waals surface area contributed by atoms with Crippen LogP contribution in [0.2, 0.25) is 0 Å². The molecule has 1 fully saturated rings. The fourth-order valence-electron chi connectivity index (χ4n) is 0.740. The molecule has 0 aliphatic carbocycles. The normalized spacial score (nSPS) is 19.6. The highest BCUT2D eigenvalue weighted by molar-refractivity contribution is 4.92. The Morgan fingerprint density at radius 1 is 1.56 bits per heavy atom. The van der Waals surface area contributed by atoms with Crippen LogP contribution in [0.15, 0.2) is 10.9 Å². The van der Waals surface area contributed by atoms with Gasteiger partial charge in [-0.2, -0.15) is 4.98 Å². The average Bonchev–Trinajstić information content (AvgIpc) is 2.11. The summed E-state index contributed by atoms with van der Waals surface area (Å²) >= 11 is 0. The Kier molecular flexibility index (Phi) is 0.989. The first-order valence-corrected chi connectivity index (χ1v) is 2.81. The molecule has 1 aliphatic heterocycles. The van der Waals surface area contributed by atoms with Crippen LogP contribution in [0, 0.1) is 0 Å². The van der Waals surface area contributed by atoms with E-state index in [1.165, 1.54) is 6.33 Å². The summed E-state index contributed by atoms with van der Waals surface area (Å²) in [5.41, 5.74) is 0. The Balaban J connectivity index is 2.14. The highest BCUT2D eigenvalue weighted by Gasteiger charge is 2.24. The molecule has 0 N–H and O–H groups in total. The van der Waals surface area contributed by atoms with Gasteiger partial charge in [-0.25, -0.2) is 0 Å². The van der Waals surface area contributed by atoms with Crippen molar-refractivity contribution in [3.05, 3.63) is 12.2 Å². The van der Waals surface area contributed by atoms with E-state index in [4.69, 9.17) is 9.26 Å². The van der Waals surface area contributed by atoms with Crippen LogP contribution in [-0.2, 0) is 4.74 Å². The van der Waals surface area contributed by atoms with Gasteiger partial charge in [-0.3, -0.25) is 0 Å². The molecule has 48 valence electrons. The van der Waals surface area contributed by atoms with E-state index in [0.717, 1.165) is 13.2 Å². The molecular formula is C5H6N2O2. The standard InChI is InChI=1S/C5H6N2O2/c1-4(2-8-1)5-6-3-7-9-5/h3-4H,1-2H2.